The molecule has 178 valence electrons. The van der Waals surface area contributed by atoms with Gasteiger partial charge in [-0.3, -0.25) is 0 Å². The Morgan fingerprint density at radius 2 is 1.94 bits per heavy atom. The standard InChI is InChI=1S/C26H30N4O4/c1-6-32-22-13-20(10-11-21(22)33-14-19-9-7-8-17(4)12-19)24-23(25(31)34-16(2)3)18(5)29-26-27-15-28-30(24)26/h7-13,15-16,24H,6,14H2,1-5H3,(H,27,28,29). The van der Waals surface area contributed by atoms with Crippen LogP contribution in [0.15, 0.2) is 60.1 Å². The summed E-state index contributed by atoms with van der Waals surface area (Å²) < 4.78 is 19.2. The molecule has 0 fully saturated rings. The van der Waals surface area contributed by atoms with Crippen molar-refractivity contribution in [1.82, 2.24) is 14.8 Å². The van der Waals surface area contributed by atoms with E-state index in [1.54, 1.807) is 4.68 Å². The minimum Gasteiger partial charge on any atom is -0.490 e. The number of carbonyl (C=O) groups is 1. The molecule has 0 saturated carbocycles. The van der Waals surface area contributed by atoms with Crippen molar-refractivity contribution < 1.29 is 19.0 Å². The molecule has 0 saturated heterocycles. The number of rotatable bonds is 8. The number of benzene rings is 2. The first-order valence-electron chi connectivity index (χ1n) is 11.4. The molecule has 2 heterocycles. The van der Waals surface area contributed by atoms with Gasteiger partial charge in [-0.25, -0.2) is 9.48 Å². The Kier molecular flexibility index (Phi) is 6.86. The van der Waals surface area contributed by atoms with Gasteiger partial charge in [-0.05, 0) is 57.9 Å². The number of aromatic nitrogens is 3. The highest BCUT2D eigenvalue weighted by atomic mass is 16.5. The third-order valence-corrected chi connectivity index (χ3v) is 5.42. The molecule has 0 bridgehead atoms. The largest absolute Gasteiger partial charge is 0.490 e. The molecule has 0 spiro atoms. The summed E-state index contributed by atoms with van der Waals surface area (Å²) >= 11 is 0. The summed E-state index contributed by atoms with van der Waals surface area (Å²) in [7, 11) is 0. The molecule has 34 heavy (non-hydrogen) atoms. The molecule has 8 heteroatoms. The highest BCUT2D eigenvalue weighted by molar-refractivity contribution is 5.92. The Labute approximate surface area is 199 Å². The summed E-state index contributed by atoms with van der Waals surface area (Å²) in [6, 6.07) is 13.4. The number of carbonyl (C=O) groups excluding carboxylic acids is 1. The van der Waals surface area contributed by atoms with Gasteiger partial charge in [0.05, 0.1) is 18.3 Å². The molecular formula is C26H30N4O4. The second-order valence-corrected chi connectivity index (χ2v) is 8.47. The fourth-order valence-electron chi connectivity index (χ4n) is 3.99. The molecule has 1 N–H and O–H groups in total. The van der Waals surface area contributed by atoms with Gasteiger partial charge in [0.15, 0.2) is 11.5 Å². The van der Waals surface area contributed by atoms with E-state index in [9.17, 15) is 4.79 Å². The molecule has 0 radical (unpaired) electrons. The van der Waals surface area contributed by atoms with Gasteiger partial charge in [-0.1, -0.05) is 35.9 Å². The van der Waals surface area contributed by atoms with Crippen LogP contribution in [0.5, 0.6) is 11.5 Å². The van der Waals surface area contributed by atoms with Gasteiger partial charge >= 0.3 is 5.97 Å². The second kappa shape index (κ2) is 9.99. The first kappa shape index (κ1) is 23.4. The minimum atomic E-state index is -0.518. The van der Waals surface area contributed by atoms with Crippen LogP contribution in [-0.4, -0.2) is 33.4 Å². The molecule has 1 aromatic heterocycles. The lowest BCUT2D eigenvalue weighted by atomic mass is 9.95. The number of ether oxygens (including phenoxy) is 3. The Morgan fingerprint density at radius 1 is 1.12 bits per heavy atom. The van der Waals surface area contributed by atoms with Crippen LogP contribution in [0, 0.1) is 6.92 Å². The van der Waals surface area contributed by atoms with Crippen LogP contribution in [0.3, 0.4) is 0 Å². The molecule has 2 aromatic carbocycles. The number of allylic oxidation sites excluding steroid dienone is 1. The molecule has 1 aliphatic rings. The highest BCUT2D eigenvalue weighted by Gasteiger charge is 2.35. The van der Waals surface area contributed by atoms with Crippen molar-refractivity contribution in [1.29, 1.82) is 0 Å². The summed E-state index contributed by atoms with van der Waals surface area (Å²) in [5.74, 6) is 1.39. The fourth-order valence-corrected chi connectivity index (χ4v) is 3.99. The van der Waals surface area contributed by atoms with Crippen molar-refractivity contribution >= 4 is 11.9 Å². The van der Waals surface area contributed by atoms with Gasteiger partial charge in [0, 0.05) is 5.70 Å². The Bertz CT molecular complexity index is 1220. The molecule has 1 atom stereocenters. The van der Waals surface area contributed by atoms with E-state index in [0.717, 1.165) is 11.1 Å². The highest BCUT2D eigenvalue weighted by Crippen LogP contribution is 2.39. The van der Waals surface area contributed by atoms with Gasteiger partial charge in [-0.2, -0.15) is 10.1 Å². The molecule has 1 aliphatic heterocycles. The molecule has 1 unspecified atom stereocenters. The first-order chi connectivity index (χ1) is 16.4. The third kappa shape index (κ3) is 4.90. The number of aryl methyl sites for hydroxylation is 1. The Morgan fingerprint density at radius 3 is 2.68 bits per heavy atom. The maximum atomic E-state index is 13.1. The van der Waals surface area contributed by atoms with Crippen molar-refractivity contribution in [3.63, 3.8) is 0 Å². The first-order valence-corrected chi connectivity index (χ1v) is 11.4. The van der Waals surface area contributed by atoms with Crippen LogP contribution in [0.4, 0.5) is 5.95 Å². The monoisotopic (exact) mass is 462 g/mol. The topological polar surface area (TPSA) is 87.5 Å². The van der Waals surface area contributed by atoms with Crippen LogP contribution < -0.4 is 14.8 Å². The van der Waals surface area contributed by atoms with E-state index in [1.807, 2.05) is 58.0 Å². The zero-order valence-electron chi connectivity index (χ0n) is 20.2. The van der Waals surface area contributed by atoms with Gasteiger partial charge < -0.3 is 19.5 Å². The van der Waals surface area contributed by atoms with E-state index in [-0.39, 0.29) is 6.10 Å². The zero-order valence-corrected chi connectivity index (χ0v) is 20.2. The van der Waals surface area contributed by atoms with Crippen LogP contribution in [-0.2, 0) is 16.1 Å². The van der Waals surface area contributed by atoms with Crippen molar-refractivity contribution in [2.75, 3.05) is 11.9 Å². The average Bonchev–Trinajstić information content (AvgIpc) is 3.25. The number of fused-ring (bicyclic) bond motifs is 1. The van der Waals surface area contributed by atoms with E-state index in [4.69, 9.17) is 14.2 Å². The van der Waals surface area contributed by atoms with E-state index < -0.39 is 12.0 Å². The van der Waals surface area contributed by atoms with Crippen LogP contribution in [0.1, 0.15) is 50.4 Å². The van der Waals surface area contributed by atoms with Gasteiger partial charge in [0.25, 0.3) is 0 Å². The van der Waals surface area contributed by atoms with Crippen molar-refractivity contribution in [2.24, 2.45) is 0 Å². The van der Waals surface area contributed by atoms with Gasteiger partial charge in [-0.15, -0.1) is 0 Å². The van der Waals surface area contributed by atoms with E-state index >= 15 is 0 Å². The van der Waals surface area contributed by atoms with Crippen molar-refractivity contribution in [3.8, 4) is 11.5 Å². The quantitative estimate of drug-likeness (QED) is 0.481. The predicted molar refractivity (Wildman–Crippen MR) is 129 cm³/mol. The van der Waals surface area contributed by atoms with Crippen LogP contribution >= 0.6 is 0 Å². The second-order valence-electron chi connectivity index (χ2n) is 8.47. The minimum absolute atomic E-state index is 0.248. The molecule has 3 aromatic rings. The zero-order chi connectivity index (χ0) is 24.2. The Balaban J connectivity index is 1.70. The number of nitrogens with one attached hydrogen (secondary N) is 1. The Hall–Kier alpha value is -3.81. The van der Waals surface area contributed by atoms with E-state index in [2.05, 4.69) is 34.5 Å². The lowest BCUT2D eigenvalue weighted by Gasteiger charge is -2.29. The predicted octanol–water partition coefficient (Wildman–Crippen LogP) is 4.80. The molecule has 4 rings (SSSR count). The van der Waals surface area contributed by atoms with Crippen molar-refractivity contribution in [2.45, 2.75) is 53.4 Å². The normalized spacial score (nSPS) is 15.1. The lowest BCUT2D eigenvalue weighted by molar-refractivity contribution is -0.143. The lowest BCUT2D eigenvalue weighted by Crippen LogP contribution is -2.30. The van der Waals surface area contributed by atoms with E-state index in [0.29, 0.717) is 41.9 Å². The summed E-state index contributed by atoms with van der Waals surface area (Å²) in [6.45, 7) is 10.4. The summed E-state index contributed by atoms with van der Waals surface area (Å²) in [5, 5.41) is 7.52. The number of hydrogen-bond donors (Lipinski definition) is 1. The van der Waals surface area contributed by atoms with Crippen molar-refractivity contribution in [3.05, 3.63) is 76.8 Å². The smallest absolute Gasteiger partial charge is 0.338 e. The summed E-state index contributed by atoms with van der Waals surface area (Å²) in [5.41, 5.74) is 4.22. The van der Waals surface area contributed by atoms with E-state index in [1.165, 1.54) is 11.9 Å². The average molecular weight is 463 g/mol. The fraction of sp³-hybridized carbons (Fsp3) is 0.346. The maximum absolute atomic E-state index is 13.1. The molecule has 0 aliphatic carbocycles. The SMILES string of the molecule is CCOc1cc(C2C(C(=O)OC(C)C)=C(C)Nc3ncnn32)ccc1OCc1cccc(C)c1. The summed E-state index contributed by atoms with van der Waals surface area (Å²) in [6.07, 6.45) is 1.21. The van der Waals surface area contributed by atoms with Crippen LogP contribution in [0.25, 0.3) is 0 Å². The number of anilines is 1. The maximum Gasteiger partial charge on any atom is 0.338 e. The number of hydrogen-bond acceptors (Lipinski definition) is 7. The van der Waals surface area contributed by atoms with Gasteiger partial charge in [0.2, 0.25) is 5.95 Å². The molecule has 0 amide bonds. The number of nitrogens with zero attached hydrogens (tertiary/aromatic N) is 3. The van der Waals surface area contributed by atoms with Gasteiger partial charge in [0.1, 0.15) is 19.0 Å². The molecule has 8 nitrogen and oxygen atoms in total. The molecular weight excluding hydrogens is 432 g/mol. The summed E-state index contributed by atoms with van der Waals surface area (Å²) in [4.78, 5) is 17.3. The number of esters is 1. The van der Waals surface area contributed by atoms with Crippen LogP contribution in [0.2, 0.25) is 0 Å². The third-order valence-electron chi connectivity index (χ3n) is 5.42.